The fourth-order valence-electron chi connectivity index (χ4n) is 1.48. The molecular weight excluding hydrogens is 301 g/mol. The molecule has 0 aromatic heterocycles. The summed E-state index contributed by atoms with van der Waals surface area (Å²) in [4.78, 5) is 11.9. The molecule has 20 heavy (non-hydrogen) atoms. The van der Waals surface area contributed by atoms with E-state index in [4.69, 9.17) is 33.1 Å². The first-order valence-electron chi connectivity index (χ1n) is 5.55. The molecule has 0 atom stereocenters. The number of nitrogens with zero attached hydrogens (tertiary/aromatic N) is 1. The fourth-order valence-corrected chi connectivity index (χ4v) is 1.78. The van der Waals surface area contributed by atoms with Crippen molar-refractivity contribution < 1.29 is 14.7 Å². The van der Waals surface area contributed by atoms with Gasteiger partial charge in [-0.05, 0) is 48.0 Å². The molecular formula is C14H9Cl2NO3. The van der Waals surface area contributed by atoms with Gasteiger partial charge in [-0.15, -0.1) is 0 Å². The summed E-state index contributed by atoms with van der Waals surface area (Å²) in [6.45, 7) is 0. The fraction of sp³-hybridized carbons (Fsp3) is 0. The maximum Gasteiger partial charge on any atom is 0.343 e. The summed E-state index contributed by atoms with van der Waals surface area (Å²) in [6.07, 6.45) is 1.27. The molecule has 0 bridgehead atoms. The van der Waals surface area contributed by atoms with Crippen LogP contribution in [0.5, 0.6) is 5.75 Å². The van der Waals surface area contributed by atoms with Crippen LogP contribution in [0.4, 0.5) is 0 Å². The topological polar surface area (TPSA) is 58.9 Å². The predicted octanol–water partition coefficient (Wildman–Crippen LogP) is 4.02. The molecule has 1 N–H and O–H groups in total. The van der Waals surface area contributed by atoms with Crippen molar-refractivity contribution in [3.63, 3.8) is 0 Å². The van der Waals surface area contributed by atoms with Crippen LogP contribution in [0.15, 0.2) is 47.6 Å². The van der Waals surface area contributed by atoms with E-state index in [2.05, 4.69) is 5.16 Å². The molecule has 0 aliphatic carbocycles. The van der Waals surface area contributed by atoms with Gasteiger partial charge in [0.15, 0.2) is 0 Å². The Bertz CT molecular complexity index is 654. The highest BCUT2D eigenvalue weighted by atomic mass is 35.5. The summed E-state index contributed by atoms with van der Waals surface area (Å²) < 4.78 is 5.18. The minimum absolute atomic E-state index is 0.288. The van der Waals surface area contributed by atoms with Crippen LogP contribution in [-0.2, 0) is 0 Å². The van der Waals surface area contributed by atoms with E-state index in [0.717, 1.165) is 0 Å². The van der Waals surface area contributed by atoms with Gasteiger partial charge in [-0.3, -0.25) is 0 Å². The van der Waals surface area contributed by atoms with Crippen LogP contribution in [0, 0.1) is 0 Å². The number of rotatable bonds is 3. The van der Waals surface area contributed by atoms with E-state index < -0.39 is 5.97 Å². The molecule has 0 aliphatic heterocycles. The second-order valence-electron chi connectivity index (χ2n) is 3.83. The molecule has 102 valence electrons. The molecule has 0 aliphatic rings. The van der Waals surface area contributed by atoms with Gasteiger partial charge in [0.1, 0.15) is 5.75 Å². The van der Waals surface area contributed by atoms with Crippen LogP contribution in [0.1, 0.15) is 15.9 Å². The van der Waals surface area contributed by atoms with Crippen LogP contribution in [0.25, 0.3) is 0 Å². The zero-order valence-corrected chi connectivity index (χ0v) is 11.6. The van der Waals surface area contributed by atoms with E-state index in [-0.39, 0.29) is 5.02 Å². The van der Waals surface area contributed by atoms with E-state index in [0.29, 0.717) is 21.9 Å². The first-order chi connectivity index (χ1) is 9.60. The molecule has 0 radical (unpaired) electrons. The Hall–Kier alpha value is -2.04. The van der Waals surface area contributed by atoms with Gasteiger partial charge < -0.3 is 9.94 Å². The Labute approximate surface area is 125 Å². The van der Waals surface area contributed by atoms with E-state index in [1.807, 2.05) is 0 Å². The lowest BCUT2D eigenvalue weighted by Gasteiger charge is -2.05. The second kappa shape index (κ2) is 6.41. The van der Waals surface area contributed by atoms with E-state index in [1.54, 1.807) is 24.3 Å². The molecule has 0 saturated heterocycles. The Balaban J connectivity index is 2.12. The number of carbonyl (C=O) groups excluding carboxylic acids is 1. The van der Waals surface area contributed by atoms with Gasteiger partial charge in [0, 0.05) is 0 Å². The number of halogens is 2. The number of carbonyl (C=O) groups is 1. The first kappa shape index (κ1) is 14.4. The zero-order valence-electron chi connectivity index (χ0n) is 10.1. The molecule has 0 fully saturated rings. The molecule has 0 unspecified atom stereocenters. The summed E-state index contributed by atoms with van der Waals surface area (Å²) in [6, 6.07) is 11.0. The van der Waals surface area contributed by atoms with Crippen LogP contribution >= 0.6 is 23.2 Å². The van der Waals surface area contributed by atoms with Crippen molar-refractivity contribution >= 4 is 35.4 Å². The van der Waals surface area contributed by atoms with Crippen LogP contribution in [0.2, 0.25) is 10.0 Å². The van der Waals surface area contributed by atoms with Crippen LogP contribution < -0.4 is 4.74 Å². The van der Waals surface area contributed by atoms with Gasteiger partial charge in [0.25, 0.3) is 0 Å². The molecule has 2 rings (SSSR count). The van der Waals surface area contributed by atoms with Gasteiger partial charge in [-0.2, -0.15) is 0 Å². The Morgan fingerprint density at radius 2 is 1.80 bits per heavy atom. The minimum Gasteiger partial charge on any atom is -0.423 e. The van der Waals surface area contributed by atoms with Crippen molar-refractivity contribution in [2.24, 2.45) is 5.16 Å². The van der Waals surface area contributed by atoms with E-state index in [9.17, 15) is 4.79 Å². The number of esters is 1. The van der Waals surface area contributed by atoms with Crippen molar-refractivity contribution in [2.45, 2.75) is 0 Å². The minimum atomic E-state index is -0.535. The lowest BCUT2D eigenvalue weighted by molar-refractivity contribution is 0.0735. The Kier molecular flexibility index (Phi) is 4.61. The Morgan fingerprint density at radius 3 is 2.40 bits per heavy atom. The quantitative estimate of drug-likeness (QED) is 0.306. The lowest BCUT2D eigenvalue weighted by Crippen LogP contribution is -2.08. The average molecular weight is 310 g/mol. The van der Waals surface area contributed by atoms with Crippen LogP contribution in [0.3, 0.4) is 0 Å². The number of hydrogen-bond donors (Lipinski definition) is 1. The molecule has 2 aromatic rings. The SMILES string of the molecule is O=C(Oc1ccc(/C=N/O)cc1)c1ccc(Cl)c(Cl)c1. The summed E-state index contributed by atoms with van der Waals surface area (Å²) >= 11 is 11.6. The van der Waals surface area contributed by atoms with Gasteiger partial charge >= 0.3 is 5.97 Å². The van der Waals surface area contributed by atoms with Crippen LogP contribution in [-0.4, -0.2) is 17.4 Å². The first-order valence-corrected chi connectivity index (χ1v) is 6.30. The lowest BCUT2D eigenvalue weighted by atomic mass is 10.2. The highest BCUT2D eigenvalue weighted by Gasteiger charge is 2.10. The van der Waals surface area contributed by atoms with Crippen molar-refractivity contribution in [1.29, 1.82) is 0 Å². The van der Waals surface area contributed by atoms with Gasteiger partial charge in [0.05, 0.1) is 21.8 Å². The summed E-state index contributed by atoms with van der Waals surface area (Å²) in [5.41, 5.74) is 0.988. The van der Waals surface area contributed by atoms with Crippen molar-refractivity contribution in [2.75, 3.05) is 0 Å². The number of hydrogen-bond acceptors (Lipinski definition) is 4. The molecule has 0 spiro atoms. The third kappa shape index (κ3) is 3.50. The molecule has 0 saturated carbocycles. The summed E-state index contributed by atoms with van der Waals surface area (Å²) in [7, 11) is 0. The largest absolute Gasteiger partial charge is 0.423 e. The smallest absolute Gasteiger partial charge is 0.343 e. The zero-order chi connectivity index (χ0) is 14.5. The maximum absolute atomic E-state index is 11.9. The van der Waals surface area contributed by atoms with Crippen molar-refractivity contribution in [1.82, 2.24) is 0 Å². The summed E-state index contributed by atoms with van der Waals surface area (Å²) in [5.74, 6) is -0.164. The predicted molar refractivity (Wildman–Crippen MR) is 77.2 cm³/mol. The third-order valence-electron chi connectivity index (χ3n) is 2.45. The van der Waals surface area contributed by atoms with Crippen molar-refractivity contribution in [3.05, 3.63) is 63.6 Å². The number of ether oxygens (including phenoxy) is 1. The molecule has 4 nitrogen and oxygen atoms in total. The van der Waals surface area contributed by atoms with Gasteiger partial charge in [-0.25, -0.2) is 4.79 Å². The van der Waals surface area contributed by atoms with E-state index >= 15 is 0 Å². The Morgan fingerprint density at radius 1 is 1.10 bits per heavy atom. The number of oxime groups is 1. The third-order valence-corrected chi connectivity index (χ3v) is 3.19. The molecule has 6 heteroatoms. The molecule has 0 heterocycles. The monoisotopic (exact) mass is 309 g/mol. The highest BCUT2D eigenvalue weighted by Crippen LogP contribution is 2.23. The average Bonchev–Trinajstić information content (AvgIpc) is 2.44. The standard InChI is InChI=1S/C14H9Cl2NO3/c15-12-6-3-10(7-13(12)16)14(18)20-11-4-1-9(2-5-11)8-17-19/h1-8,19H/b17-8+. The van der Waals surface area contributed by atoms with E-state index in [1.165, 1.54) is 24.4 Å². The van der Waals surface area contributed by atoms with Gasteiger partial charge in [-0.1, -0.05) is 28.4 Å². The van der Waals surface area contributed by atoms with Gasteiger partial charge in [0.2, 0.25) is 0 Å². The second-order valence-corrected chi connectivity index (χ2v) is 4.65. The van der Waals surface area contributed by atoms with Crippen molar-refractivity contribution in [3.8, 4) is 5.75 Å². The number of benzene rings is 2. The molecule has 2 aromatic carbocycles. The highest BCUT2D eigenvalue weighted by molar-refractivity contribution is 6.42. The summed E-state index contributed by atoms with van der Waals surface area (Å²) in [5, 5.41) is 12.0. The maximum atomic E-state index is 11.9. The normalized spacial score (nSPS) is 10.7. The molecule has 0 amide bonds.